The minimum absolute atomic E-state index is 0. The van der Waals surface area contributed by atoms with E-state index in [9.17, 15) is 4.79 Å². The summed E-state index contributed by atoms with van der Waals surface area (Å²) in [7, 11) is 4.03. The molecule has 0 saturated heterocycles. The zero-order chi connectivity index (χ0) is 18.8. The van der Waals surface area contributed by atoms with Crippen LogP contribution in [0.25, 0.3) is 10.2 Å². The van der Waals surface area contributed by atoms with Gasteiger partial charge >= 0.3 is 0 Å². The third-order valence-corrected chi connectivity index (χ3v) is 6.49. The van der Waals surface area contributed by atoms with Gasteiger partial charge in [-0.1, -0.05) is 46.7 Å². The van der Waals surface area contributed by atoms with Crippen molar-refractivity contribution < 1.29 is 4.79 Å². The van der Waals surface area contributed by atoms with Crippen molar-refractivity contribution in [1.82, 2.24) is 9.88 Å². The van der Waals surface area contributed by atoms with Gasteiger partial charge in [0.25, 0.3) is 5.91 Å². The van der Waals surface area contributed by atoms with Gasteiger partial charge in [-0.3, -0.25) is 9.69 Å². The molecule has 0 N–H and O–H groups in total. The van der Waals surface area contributed by atoms with Crippen LogP contribution in [0.15, 0.2) is 24.3 Å². The number of benzene rings is 1. The van der Waals surface area contributed by atoms with E-state index in [0.29, 0.717) is 25.9 Å². The molecule has 2 heterocycles. The highest BCUT2D eigenvalue weighted by atomic mass is 35.5. The number of aryl methyl sites for hydroxylation is 1. The molecule has 0 atom stereocenters. The number of amides is 1. The van der Waals surface area contributed by atoms with E-state index in [1.54, 1.807) is 11.0 Å². The van der Waals surface area contributed by atoms with Crippen LogP contribution >= 0.6 is 58.3 Å². The lowest BCUT2D eigenvalue weighted by atomic mass is 10.2. The second kappa shape index (κ2) is 9.54. The molecule has 9 heteroatoms. The number of fused-ring (bicyclic) bond motifs is 1. The summed E-state index contributed by atoms with van der Waals surface area (Å²) in [5.41, 5.74) is 2.47. The van der Waals surface area contributed by atoms with Crippen LogP contribution in [0.3, 0.4) is 0 Å². The van der Waals surface area contributed by atoms with Gasteiger partial charge in [0.05, 0.1) is 20.1 Å². The Morgan fingerprint density at radius 2 is 1.93 bits per heavy atom. The number of thiophene rings is 1. The van der Waals surface area contributed by atoms with Crippen LogP contribution < -0.4 is 4.90 Å². The number of anilines is 1. The summed E-state index contributed by atoms with van der Waals surface area (Å²) in [4.78, 5) is 21.7. The molecule has 0 aliphatic carbocycles. The molecule has 146 valence electrons. The van der Waals surface area contributed by atoms with E-state index in [1.807, 2.05) is 39.2 Å². The SMILES string of the molecule is Cc1cccc2sc(N(CCCN(C)C)C(=O)c3cc(Cl)sc3Cl)nc12.Cl. The standard InChI is InChI=1S/C18H19Cl2N3OS2.ClH/c1-11-6-4-7-13-15(11)21-18(25-13)23(9-5-8-22(2)3)17(24)12-10-14(19)26-16(12)20;/h4,6-7,10H,5,8-9H2,1-3H3;1H. The highest BCUT2D eigenvalue weighted by molar-refractivity contribution is 7.22. The summed E-state index contributed by atoms with van der Waals surface area (Å²) in [6.07, 6.45) is 0.836. The van der Waals surface area contributed by atoms with E-state index in [1.165, 1.54) is 22.7 Å². The molecule has 0 spiro atoms. The molecular weight excluding hydrogens is 445 g/mol. The number of thiazole rings is 1. The van der Waals surface area contributed by atoms with Crippen molar-refractivity contribution in [2.75, 3.05) is 32.1 Å². The number of aromatic nitrogens is 1. The number of hydrogen-bond donors (Lipinski definition) is 0. The summed E-state index contributed by atoms with van der Waals surface area (Å²) in [6, 6.07) is 7.70. The number of hydrogen-bond acceptors (Lipinski definition) is 5. The lowest BCUT2D eigenvalue weighted by Crippen LogP contribution is -2.33. The molecule has 0 aliphatic heterocycles. The summed E-state index contributed by atoms with van der Waals surface area (Å²) in [5.74, 6) is -0.159. The van der Waals surface area contributed by atoms with E-state index in [-0.39, 0.29) is 18.3 Å². The summed E-state index contributed by atoms with van der Waals surface area (Å²) in [5, 5.41) is 0.691. The molecule has 4 nitrogen and oxygen atoms in total. The second-order valence-electron chi connectivity index (χ2n) is 6.27. The van der Waals surface area contributed by atoms with Gasteiger partial charge in [-0.2, -0.15) is 0 Å². The Bertz CT molecular complexity index is 939. The van der Waals surface area contributed by atoms with E-state index in [0.717, 1.165) is 28.7 Å². The van der Waals surface area contributed by atoms with E-state index in [4.69, 9.17) is 28.2 Å². The fourth-order valence-corrected chi connectivity index (χ4v) is 5.17. The minimum Gasteiger partial charge on any atom is -0.309 e. The quantitative estimate of drug-likeness (QED) is 0.449. The largest absolute Gasteiger partial charge is 0.309 e. The number of carbonyl (C=O) groups is 1. The Morgan fingerprint density at radius 1 is 1.19 bits per heavy atom. The van der Waals surface area contributed by atoms with Crippen LogP contribution in [0.5, 0.6) is 0 Å². The van der Waals surface area contributed by atoms with Crippen LogP contribution in [0, 0.1) is 6.92 Å². The van der Waals surface area contributed by atoms with Crippen molar-refractivity contribution in [2.45, 2.75) is 13.3 Å². The smallest absolute Gasteiger partial charge is 0.262 e. The van der Waals surface area contributed by atoms with Crippen molar-refractivity contribution in [2.24, 2.45) is 0 Å². The van der Waals surface area contributed by atoms with Crippen molar-refractivity contribution in [1.29, 1.82) is 0 Å². The van der Waals surface area contributed by atoms with Gasteiger partial charge in [0, 0.05) is 6.54 Å². The molecule has 0 aliphatic rings. The Balaban J connectivity index is 0.00000261. The van der Waals surface area contributed by atoms with Gasteiger partial charge < -0.3 is 4.90 Å². The van der Waals surface area contributed by atoms with Crippen molar-refractivity contribution >= 4 is 79.5 Å². The number of para-hydroxylation sites is 1. The lowest BCUT2D eigenvalue weighted by Gasteiger charge is -2.20. The third-order valence-electron chi connectivity index (χ3n) is 3.96. The zero-order valence-corrected chi connectivity index (χ0v) is 19.1. The topological polar surface area (TPSA) is 36.4 Å². The third kappa shape index (κ3) is 5.13. The average molecular weight is 465 g/mol. The maximum Gasteiger partial charge on any atom is 0.262 e. The molecule has 27 heavy (non-hydrogen) atoms. The first kappa shape index (κ1) is 22.4. The lowest BCUT2D eigenvalue weighted by molar-refractivity contribution is 0.0986. The Hall–Kier alpha value is -0.890. The molecular formula is C18H20Cl3N3OS2. The summed E-state index contributed by atoms with van der Waals surface area (Å²) >= 11 is 15.0. The van der Waals surface area contributed by atoms with Crippen LogP contribution in [0.4, 0.5) is 5.13 Å². The van der Waals surface area contributed by atoms with Gasteiger partial charge in [0.2, 0.25) is 0 Å². The number of rotatable bonds is 6. The molecule has 0 bridgehead atoms. The van der Waals surface area contributed by atoms with Crippen LogP contribution in [0.1, 0.15) is 22.3 Å². The van der Waals surface area contributed by atoms with E-state index >= 15 is 0 Å². The molecule has 0 fully saturated rings. The van der Waals surface area contributed by atoms with Crippen molar-refractivity contribution in [3.05, 3.63) is 44.1 Å². The van der Waals surface area contributed by atoms with Gasteiger partial charge in [-0.25, -0.2) is 4.98 Å². The molecule has 1 aromatic carbocycles. The molecule has 3 aromatic rings. The number of nitrogens with zero attached hydrogens (tertiary/aromatic N) is 3. The molecule has 2 aromatic heterocycles. The minimum atomic E-state index is -0.159. The summed E-state index contributed by atoms with van der Waals surface area (Å²) < 4.78 is 1.99. The molecule has 0 unspecified atom stereocenters. The van der Waals surface area contributed by atoms with E-state index < -0.39 is 0 Å². The van der Waals surface area contributed by atoms with Gasteiger partial charge in [-0.05, 0) is 51.7 Å². The summed E-state index contributed by atoms with van der Waals surface area (Å²) in [6.45, 7) is 3.48. The van der Waals surface area contributed by atoms with Crippen LogP contribution in [-0.2, 0) is 0 Å². The maximum absolute atomic E-state index is 13.2. The average Bonchev–Trinajstić information content (AvgIpc) is 3.14. The first-order valence-corrected chi connectivity index (χ1v) is 10.5. The van der Waals surface area contributed by atoms with Gasteiger partial charge in [0.1, 0.15) is 4.34 Å². The fraction of sp³-hybridized carbons (Fsp3) is 0.333. The second-order valence-corrected chi connectivity index (χ2v) is 9.56. The van der Waals surface area contributed by atoms with Crippen molar-refractivity contribution in [3.63, 3.8) is 0 Å². The van der Waals surface area contributed by atoms with Crippen molar-refractivity contribution in [3.8, 4) is 0 Å². The van der Waals surface area contributed by atoms with Crippen LogP contribution in [0.2, 0.25) is 8.67 Å². The Morgan fingerprint density at radius 3 is 2.52 bits per heavy atom. The predicted molar refractivity (Wildman–Crippen MR) is 121 cm³/mol. The van der Waals surface area contributed by atoms with Gasteiger partial charge in [0.15, 0.2) is 5.13 Å². The fourth-order valence-electron chi connectivity index (χ4n) is 2.65. The van der Waals surface area contributed by atoms with Gasteiger partial charge in [-0.15, -0.1) is 23.7 Å². The first-order valence-electron chi connectivity index (χ1n) is 8.14. The zero-order valence-electron chi connectivity index (χ0n) is 15.2. The van der Waals surface area contributed by atoms with E-state index in [2.05, 4.69) is 4.90 Å². The highest BCUT2D eigenvalue weighted by Gasteiger charge is 2.25. The molecule has 1 amide bonds. The number of halogens is 3. The highest BCUT2D eigenvalue weighted by Crippen LogP contribution is 2.35. The first-order chi connectivity index (χ1) is 12.4. The monoisotopic (exact) mass is 463 g/mol. The maximum atomic E-state index is 13.2. The Labute approximate surface area is 183 Å². The Kier molecular flexibility index (Phi) is 7.92. The molecule has 0 saturated carbocycles. The normalized spacial score (nSPS) is 11.0. The van der Waals surface area contributed by atoms with Crippen LogP contribution in [-0.4, -0.2) is 43.0 Å². The molecule has 0 radical (unpaired) electrons. The predicted octanol–water partition coefficient (Wildman–Crippen LogP) is 5.99. The number of carbonyl (C=O) groups excluding carboxylic acids is 1. The molecule has 3 rings (SSSR count).